The molecule has 436 valence electrons. The molecule has 1 aliphatic carbocycles. The van der Waals surface area contributed by atoms with Crippen LogP contribution in [0, 0.1) is 6.92 Å². The molecule has 0 radical (unpaired) electrons. The smallest absolute Gasteiger partial charge is 0.412 e. The Bertz CT molecular complexity index is 2970. The number of methoxy groups -OCH3 is 2. The topological polar surface area (TPSA) is 220 Å². The van der Waals surface area contributed by atoms with Crippen molar-refractivity contribution in [2.75, 3.05) is 111 Å². The maximum absolute atomic E-state index is 14.2. The van der Waals surface area contributed by atoms with Crippen LogP contribution in [0.5, 0.6) is 23.0 Å². The third-order valence-electron chi connectivity index (χ3n) is 14.3. The van der Waals surface area contributed by atoms with Crippen LogP contribution in [0.25, 0.3) is 11.1 Å². The molecule has 4 aromatic carbocycles. The first-order valence-corrected chi connectivity index (χ1v) is 29.6. The SMILES string of the molecule is C=C1CC(C2OCCN2C(=O)OCC2c3ccccc3-c3ccccc32)N(C(=O)c2cc(OC)c(OCCCCCOc3cc(N)c(C)cc3OC)cc2N)C1.C=C1CCN(C=O)C1.O=C(OCCSSc1ccccn1)N1CCOC1. The summed E-state index contributed by atoms with van der Waals surface area (Å²) in [6.07, 6.45) is 5.03. The summed E-state index contributed by atoms with van der Waals surface area (Å²) in [4.78, 5) is 60.1. The second-order valence-corrected chi connectivity index (χ2v) is 22.4. The number of ether oxygens (including phenoxy) is 8. The fraction of sp³-hybridized carbons (Fsp3) is 0.393. The van der Waals surface area contributed by atoms with Crippen molar-refractivity contribution in [1.82, 2.24) is 24.6 Å². The minimum Gasteiger partial charge on any atom is -0.493 e. The van der Waals surface area contributed by atoms with Gasteiger partial charge in [0.2, 0.25) is 6.41 Å². The number of fused-ring (bicyclic) bond motifs is 3. The van der Waals surface area contributed by atoms with Crippen LogP contribution in [0.1, 0.15) is 65.1 Å². The lowest BCUT2D eigenvalue weighted by molar-refractivity contribution is -0.117. The molecular weight excluding hydrogens is 1090 g/mol. The zero-order chi connectivity index (χ0) is 58.0. The molecule has 21 heteroatoms. The summed E-state index contributed by atoms with van der Waals surface area (Å²) < 4.78 is 45.3. The monoisotopic (exact) mass is 1160 g/mol. The third kappa shape index (κ3) is 15.7. The van der Waals surface area contributed by atoms with Crippen molar-refractivity contribution in [3.05, 3.63) is 144 Å². The fourth-order valence-corrected chi connectivity index (χ4v) is 11.7. The number of hydrogen-bond donors (Lipinski definition) is 2. The van der Waals surface area contributed by atoms with E-state index in [1.165, 1.54) is 7.11 Å². The van der Waals surface area contributed by atoms with Crippen molar-refractivity contribution in [3.8, 4) is 34.1 Å². The Morgan fingerprint density at radius 3 is 2.05 bits per heavy atom. The van der Waals surface area contributed by atoms with E-state index in [0.29, 0.717) is 94.5 Å². The first kappa shape index (κ1) is 60.5. The van der Waals surface area contributed by atoms with Gasteiger partial charge in [-0.15, -0.1) is 0 Å². The molecule has 0 bridgehead atoms. The number of aryl methyl sites for hydroxylation is 1. The average molecular weight is 1160 g/mol. The van der Waals surface area contributed by atoms with Gasteiger partial charge in [0, 0.05) is 67.6 Å². The molecular formula is C61H73N7O12S2. The number of likely N-dealkylation sites (tertiary alicyclic amines) is 2. The van der Waals surface area contributed by atoms with E-state index in [0.717, 1.165) is 94.9 Å². The second-order valence-electron chi connectivity index (χ2n) is 20.0. The highest BCUT2D eigenvalue weighted by molar-refractivity contribution is 8.76. The third-order valence-corrected chi connectivity index (χ3v) is 16.5. The number of carbonyl (C=O) groups excluding carboxylic acids is 4. The molecule has 10 rings (SSSR count). The maximum Gasteiger partial charge on any atom is 0.412 e. The predicted octanol–water partition coefficient (Wildman–Crippen LogP) is 9.84. The number of pyridine rings is 1. The van der Waals surface area contributed by atoms with Crippen molar-refractivity contribution >= 4 is 57.5 Å². The molecule has 5 aromatic rings. The quantitative estimate of drug-likeness (QED) is 0.0243. The van der Waals surface area contributed by atoms with E-state index >= 15 is 0 Å². The molecule has 82 heavy (non-hydrogen) atoms. The van der Waals surface area contributed by atoms with Crippen LogP contribution in [0.3, 0.4) is 0 Å². The molecule has 4 N–H and O–H groups in total. The number of rotatable bonds is 20. The van der Waals surface area contributed by atoms with Crippen molar-refractivity contribution in [1.29, 1.82) is 0 Å². The summed E-state index contributed by atoms with van der Waals surface area (Å²) in [6, 6.07) is 28.6. The summed E-state index contributed by atoms with van der Waals surface area (Å²) in [6.45, 7) is 15.5. The van der Waals surface area contributed by atoms with Crippen molar-refractivity contribution in [3.63, 3.8) is 0 Å². The van der Waals surface area contributed by atoms with Crippen molar-refractivity contribution in [2.24, 2.45) is 0 Å². The number of nitrogens with zero attached hydrogens (tertiary/aromatic N) is 5. The van der Waals surface area contributed by atoms with Gasteiger partial charge in [-0.3, -0.25) is 19.4 Å². The lowest BCUT2D eigenvalue weighted by atomic mass is 9.98. The van der Waals surface area contributed by atoms with Crippen LogP contribution >= 0.6 is 21.6 Å². The minimum atomic E-state index is -0.706. The number of nitrogen functional groups attached to an aromatic ring is 2. The summed E-state index contributed by atoms with van der Waals surface area (Å²) in [7, 11) is 6.33. The van der Waals surface area contributed by atoms with Crippen LogP contribution in [0.15, 0.2) is 127 Å². The Hall–Kier alpha value is -7.59. The number of aromatic nitrogens is 1. The Morgan fingerprint density at radius 1 is 0.744 bits per heavy atom. The molecule has 5 aliphatic rings. The van der Waals surface area contributed by atoms with Gasteiger partial charge in [0.1, 0.15) is 25.0 Å². The Labute approximate surface area is 487 Å². The lowest BCUT2D eigenvalue weighted by Crippen LogP contribution is -2.51. The summed E-state index contributed by atoms with van der Waals surface area (Å²) in [5.74, 6) is 2.46. The van der Waals surface area contributed by atoms with Crippen molar-refractivity contribution < 1.29 is 57.1 Å². The molecule has 19 nitrogen and oxygen atoms in total. The van der Waals surface area contributed by atoms with Crippen LogP contribution in [0.2, 0.25) is 0 Å². The van der Waals surface area contributed by atoms with E-state index in [1.807, 2.05) is 55.5 Å². The normalized spacial score (nSPS) is 17.1. The standard InChI is InChI=1S/C44H50N4O8.C11H14N2O3S2.C6H9NO/c1-27-20-37(43-47(16-19-55-43)44(50)56-26-34-31-14-8-6-12-29(31)30-13-7-9-15-32(30)34)48(25-27)42(49)33-22-39(52-4)41(24-36(33)46)54-18-11-5-10-17-53-40-23-35(45)28(2)21-38(40)51-3;14-11(13-5-6-15-9-13)16-7-8-17-18-10-3-1-2-4-12-10;1-6-2-3-7(4-6)5-8/h6-9,12-15,21-24,34,37,43H,1,5,10-11,16-20,25-26,45-46H2,2-4H3;1-4H,5-9H2;5H,1-4H2. The van der Waals surface area contributed by atoms with Gasteiger partial charge in [-0.05, 0) is 102 Å². The zero-order valence-corrected chi connectivity index (χ0v) is 48.4. The number of benzene rings is 4. The molecule has 5 heterocycles. The molecule has 4 amide bonds. The number of amides is 4. The van der Waals surface area contributed by atoms with Gasteiger partial charge in [-0.1, -0.05) is 89.7 Å². The molecule has 0 saturated carbocycles. The predicted molar refractivity (Wildman–Crippen MR) is 317 cm³/mol. The highest BCUT2D eigenvalue weighted by Gasteiger charge is 2.45. The van der Waals surface area contributed by atoms with Gasteiger partial charge in [-0.2, -0.15) is 0 Å². The molecule has 2 unspecified atom stereocenters. The Kier molecular flexibility index (Phi) is 22.1. The van der Waals surface area contributed by atoms with Gasteiger partial charge >= 0.3 is 12.2 Å². The second kappa shape index (κ2) is 29.9. The van der Waals surface area contributed by atoms with Crippen molar-refractivity contribution in [2.45, 2.75) is 62.2 Å². The Balaban J connectivity index is 0.000000276. The van der Waals surface area contributed by atoms with E-state index in [-0.39, 0.29) is 35.8 Å². The van der Waals surface area contributed by atoms with Gasteiger partial charge in [0.25, 0.3) is 5.91 Å². The molecule has 1 aromatic heterocycles. The molecule has 2 atom stereocenters. The molecule has 4 fully saturated rings. The van der Waals surface area contributed by atoms with E-state index in [9.17, 15) is 19.2 Å². The number of carbonyl (C=O) groups is 4. The largest absolute Gasteiger partial charge is 0.493 e. The summed E-state index contributed by atoms with van der Waals surface area (Å²) in [5, 5.41) is 0.960. The minimum absolute atomic E-state index is 0.0719. The zero-order valence-electron chi connectivity index (χ0n) is 46.8. The number of hydrogen-bond acceptors (Lipinski definition) is 17. The van der Waals surface area contributed by atoms with Crippen LogP contribution in [-0.4, -0.2) is 160 Å². The van der Waals surface area contributed by atoms with E-state index in [4.69, 9.17) is 49.4 Å². The van der Waals surface area contributed by atoms with Gasteiger partial charge in [-0.25, -0.2) is 14.6 Å². The maximum atomic E-state index is 14.2. The van der Waals surface area contributed by atoms with E-state index in [1.54, 1.807) is 72.7 Å². The fourth-order valence-electron chi connectivity index (χ4n) is 10.0. The first-order valence-electron chi connectivity index (χ1n) is 27.3. The molecule has 4 aliphatic heterocycles. The Morgan fingerprint density at radius 2 is 1.43 bits per heavy atom. The van der Waals surface area contributed by atoms with Gasteiger partial charge < -0.3 is 59.2 Å². The first-order chi connectivity index (χ1) is 39.9. The summed E-state index contributed by atoms with van der Waals surface area (Å²) >= 11 is 0. The van der Waals surface area contributed by atoms with Gasteiger partial charge in [0.15, 0.2) is 29.2 Å². The van der Waals surface area contributed by atoms with Gasteiger partial charge in [0.05, 0.1) is 58.8 Å². The molecule has 4 saturated heterocycles. The highest BCUT2D eigenvalue weighted by atomic mass is 33.1. The van der Waals surface area contributed by atoms with Crippen LogP contribution in [0.4, 0.5) is 21.0 Å². The number of anilines is 2. The summed E-state index contributed by atoms with van der Waals surface area (Å²) in [5.41, 5.74) is 21.3. The van der Waals surface area contributed by atoms with E-state index < -0.39 is 18.4 Å². The highest BCUT2D eigenvalue weighted by Crippen LogP contribution is 2.45. The van der Waals surface area contributed by atoms with E-state index in [2.05, 4.69) is 42.4 Å². The number of unbranched alkanes of at least 4 members (excludes halogenated alkanes) is 2. The number of nitrogens with two attached hydrogens (primary N) is 2. The lowest BCUT2D eigenvalue weighted by Gasteiger charge is -2.33. The van der Waals surface area contributed by atoms with Crippen LogP contribution in [-0.2, 0) is 23.7 Å². The molecule has 0 spiro atoms. The average Bonchev–Trinajstić information content (AvgIpc) is 4.43. The van der Waals surface area contributed by atoms with Crippen LogP contribution < -0.4 is 30.4 Å².